The normalized spacial score (nSPS) is 20.3. The number of ether oxygens (including phenoxy) is 1. The van der Waals surface area contributed by atoms with Crippen molar-refractivity contribution in [1.82, 2.24) is 4.90 Å². The van der Waals surface area contributed by atoms with Gasteiger partial charge in [0.1, 0.15) is 0 Å². The van der Waals surface area contributed by atoms with Crippen molar-refractivity contribution in [2.24, 2.45) is 11.7 Å². The van der Waals surface area contributed by atoms with Crippen LogP contribution in [0.25, 0.3) is 0 Å². The van der Waals surface area contributed by atoms with Crippen molar-refractivity contribution in [3.8, 4) is 24.7 Å². The fourth-order valence-electron chi connectivity index (χ4n) is 3.02. The van der Waals surface area contributed by atoms with Gasteiger partial charge in [-0.15, -0.1) is 18.8 Å². The summed E-state index contributed by atoms with van der Waals surface area (Å²) in [7, 11) is 0. The van der Waals surface area contributed by atoms with E-state index in [1.165, 1.54) is 11.8 Å². The summed E-state index contributed by atoms with van der Waals surface area (Å²) in [6.07, 6.45) is 28.2. The average molecular weight is 425 g/mol. The van der Waals surface area contributed by atoms with Crippen LogP contribution in [0, 0.1) is 30.6 Å². The van der Waals surface area contributed by atoms with E-state index in [-0.39, 0.29) is 0 Å². The van der Waals surface area contributed by atoms with Crippen LogP contribution in [0.2, 0.25) is 0 Å². The molecule has 3 heteroatoms. The molecule has 0 amide bonds. The van der Waals surface area contributed by atoms with E-state index in [1.54, 1.807) is 0 Å². The molecular formula is C28H44N2O. The first-order chi connectivity index (χ1) is 15.0. The van der Waals surface area contributed by atoms with Gasteiger partial charge >= 0.3 is 0 Å². The number of hydrogen-bond donors (Lipinski definition) is 1. The summed E-state index contributed by atoms with van der Waals surface area (Å²) in [5.74, 6) is 6.75. The fourth-order valence-corrected chi connectivity index (χ4v) is 3.02. The van der Waals surface area contributed by atoms with Crippen LogP contribution < -0.4 is 5.73 Å². The van der Waals surface area contributed by atoms with Crippen LogP contribution in [0.3, 0.4) is 0 Å². The lowest BCUT2D eigenvalue weighted by atomic mass is 10.1. The minimum Gasteiger partial charge on any atom is -0.405 e. The van der Waals surface area contributed by atoms with Crippen LogP contribution in [0.1, 0.15) is 53.9 Å². The molecule has 2 N–H and O–H groups in total. The fraction of sp³-hybridized carbons (Fsp3) is 0.500. The van der Waals surface area contributed by atoms with Gasteiger partial charge in [0, 0.05) is 32.5 Å². The SMILES string of the molecule is C#C.C/C=C(/C=C/C(C)/C=C/C=CCCN1CC(C)OC(C)C1)CC#CCC.C=CN. The van der Waals surface area contributed by atoms with Gasteiger partial charge < -0.3 is 10.5 Å². The monoisotopic (exact) mass is 424 g/mol. The van der Waals surface area contributed by atoms with Gasteiger partial charge in [-0.25, -0.2) is 0 Å². The number of nitrogens with two attached hydrogens (primary N) is 1. The molecule has 0 saturated carbocycles. The van der Waals surface area contributed by atoms with Gasteiger partial charge in [-0.1, -0.05) is 68.9 Å². The molecule has 172 valence electrons. The summed E-state index contributed by atoms with van der Waals surface area (Å²) in [6, 6.07) is 0. The first kappa shape index (κ1) is 30.7. The predicted octanol–water partition coefficient (Wildman–Crippen LogP) is 5.88. The van der Waals surface area contributed by atoms with Gasteiger partial charge in [-0.3, -0.25) is 4.90 Å². The second kappa shape index (κ2) is 22.2. The molecule has 3 unspecified atom stereocenters. The summed E-state index contributed by atoms with van der Waals surface area (Å²) < 4.78 is 5.77. The zero-order chi connectivity index (χ0) is 23.9. The molecule has 1 aliphatic heterocycles. The van der Waals surface area contributed by atoms with Crippen LogP contribution >= 0.6 is 0 Å². The minimum atomic E-state index is 0.352. The molecule has 0 aliphatic carbocycles. The molecule has 3 nitrogen and oxygen atoms in total. The second-order valence-electron chi connectivity index (χ2n) is 7.32. The number of morpholine rings is 1. The van der Waals surface area contributed by atoms with E-state index in [0.29, 0.717) is 18.1 Å². The van der Waals surface area contributed by atoms with Gasteiger partial charge in [0.25, 0.3) is 0 Å². The van der Waals surface area contributed by atoms with Crippen LogP contribution in [0.15, 0.2) is 60.9 Å². The van der Waals surface area contributed by atoms with Crippen LogP contribution in [-0.2, 0) is 4.74 Å². The van der Waals surface area contributed by atoms with Crippen molar-refractivity contribution in [2.75, 3.05) is 19.6 Å². The highest BCUT2D eigenvalue weighted by atomic mass is 16.5. The molecule has 1 saturated heterocycles. The molecule has 1 rings (SSSR count). The zero-order valence-electron chi connectivity index (χ0n) is 20.4. The van der Waals surface area contributed by atoms with E-state index >= 15 is 0 Å². The standard InChI is InChI=1S/C24H37NO.C2H5N.C2H2/c1-6-8-11-15-24(7-2)17-16-21(3)14-12-9-10-13-18-25-19-22(4)26-23(5)20-25;1-2-3;1-2/h7,9-10,12,14,16-17,21-23H,6,13,15,18-20H2,1-5H3;2H,1,3H2;1-2H/b10-9?,14-12+,17-16+,24-7+;;. The Morgan fingerprint density at radius 3 is 2.35 bits per heavy atom. The lowest BCUT2D eigenvalue weighted by Crippen LogP contribution is -2.45. The molecule has 31 heavy (non-hydrogen) atoms. The Balaban J connectivity index is 0. The van der Waals surface area contributed by atoms with E-state index in [0.717, 1.165) is 38.9 Å². The molecule has 3 atom stereocenters. The highest BCUT2D eigenvalue weighted by Gasteiger charge is 2.20. The molecule has 0 bridgehead atoms. The average Bonchev–Trinajstić information content (AvgIpc) is 2.74. The predicted molar refractivity (Wildman–Crippen MR) is 138 cm³/mol. The van der Waals surface area contributed by atoms with Crippen molar-refractivity contribution in [2.45, 2.75) is 66.1 Å². The lowest BCUT2D eigenvalue weighted by Gasteiger charge is -2.35. The molecule has 0 aromatic rings. The third kappa shape index (κ3) is 19.3. The Bertz CT molecular complexity index is 633. The Morgan fingerprint density at radius 1 is 1.19 bits per heavy atom. The minimum absolute atomic E-state index is 0.352. The topological polar surface area (TPSA) is 38.5 Å². The van der Waals surface area contributed by atoms with Crippen LogP contribution in [0.4, 0.5) is 0 Å². The van der Waals surface area contributed by atoms with E-state index < -0.39 is 0 Å². The largest absolute Gasteiger partial charge is 0.405 e. The third-order valence-corrected chi connectivity index (χ3v) is 4.35. The van der Waals surface area contributed by atoms with E-state index in [9.17, 15) is 0 Å². The van der Waals surface area contributed by atoms with Crippen LogP contribution in [-0.4, -0.2) is 36.7 Å². The molecule has 0 spiro atoms. The van der Waals surface area contributed by atoms with Crippen molar-refractivity contribution >= 4 is 0 Å². The Morgan fingerprint density at radius 2 is 1.81 bits per heavy atom. The molecule has 0 aromatic heterocycles. The smallest absolute Gasteiger partial charge is 0.0678 e. The summed E-state index contributed by atoms with van der Waals surface area (Å²) >= 11 is 0. The molecule has 1 aliphatic rings. The quantitative estimate of drug-likeness (QED) is 0.391. The van der Waals surface area contributed by atoms with E-state index in [2.05, 4.69) is 119 Å². The Kier molecular flexibility index (Phi) is 22.0. The van der Waals surface area contributed by atoms with Gasteiger partial charge in [-0.2, -0.15) is 0 Å². The van der Waals surface area contributed by atoms with Crippen LogP contribution in [0.5, 0.6) is 0 Å². The van der Waals surface area contributed by atoms with Crippen molar-refractivity contribution < 1.29 is 4.74 Å². The maximum absolute atomic E-state index is 5.77. The van der Waals surface area contributed by atoms with Crippen molar-refractivity contribution in [3.05, 3.63) is 60.9 Å². The molecule has 1 fully saturated rings. The zero-order valence-corrected chi connectivity index (χ0v) is 20.4. The number of terminal acetylenes is 1. The maximum atomic E-state index is 5.77. The number of rotatable bonds is 8. The molecule has 1 heterocycles. The van der Waals surface area contributed by atoms with Gasteiger partial charge in [0.2, 0.25) is 0 Å². The maximum Gasteiger partial charge on any atom is 0.0678 e. The van der Waals surface area contributed by atoms with Gasteiger partial charge in [-0.05, 0) is 44.9 Å². The van der Waals surface area contributed by atoms with E-state index in [4.69, 9.17) is 4.74 Å². The Hall–Kier alpha value is -2.46. The third-order valence-electron chi connectivity index (χ3n) is 4.35. The summed E-state index contributed by atoms with van der Waals surface area (Å²) in [6.45, 7) is 17.0. The Labute approximate surface area is 192 Å². The summed E-state index contributed by atoms with van der Waals surface area (Å²) in [5.41, 5.74) is 5.90. The number of nitrogens with zero attached hydrogens (tertiary/aromatic N) is 1. The molecule has 0 aromatic carbocycles. The summed E-state index contributed by atoms with van der Waals surface area (Å²) in [5, 5.41) is 0. The highest BCUT2D eigenvalue weighted by Crippen LogP contribution is 2.11. The number of allylic oxidation sites excluding steroid dienone is 7. The first-order valence-electron chi connectivity index (χ1n) is 11.1. The summed E-state index contributed by atoms with van der Waals surface area (Å²) in [4.78, 5) is 2.50. The second-order valence-corrected chi connectivity index (χ2v) is 7.32. The molecular weight excluding hydrogens is 380 g/mol. The van der Waals surface area contributed by atoms with E-state index in [1.807, 2.05) is 0 Å². The molecule has 0 radical (unpaired) electrons. The highest BCUT2D eigenvalue weighted by molar-refractivity contribution is 5.25. The van der Waals surface area contributed by atoms with Crippen molar-refractivity contribution in [3.63, 3.8) is 0 Å². The van der Waals surface area contributed by atoms with Gasteiger partial charge in [0.15, 0.2) is 0 Å². The lowest BCUT2D eigenvalue weighted by molar-refractivity contribution is -0.0673. The van der Waals surface area contributed by atoms with Crippen molar-refractivity contribution in [1.29, 1.82) is 0 Å². The number of hydrogen-bond acceptors (Lipinski definition) is 3. The van der Waals surface area contributed by atoms with Gasteiger partial charge in [0.05, 0.1) is 12.2 Å². The first-order valence-corrected chi connectivity index (χ1v) is 11.1.